The van der Waals surface area contributed by atoms with E-state index in [0.717, 1.165) is 37.6 Å². The predicted molar refractivity (Wildman–Crippen MR) is 86.3 cm³/mol. The Morgan fingerprint density at radius 2 is 1.86 bits per heavy atom. The Hall–Kier alpha value is -1.10. The molecule has 4 nitrogen and oxygen atoms in total. The lowest BCUT2D eigenvalue weighted by atomic mass is 10.1. The fourth-order valence-electron chi connectivity index (χ4n) is 2.72. The summed E-state index contributed by atoms with van der Waals surface area (Å²) in [6.07, 6.45) is 1.35. The molecule has 5 heteroatoms. The summed E-state index contributed by atoms with van der Waals surface area (Å²) < 4.78 is 0. The van der Waals surface area contributed by atoms with E-state index in [9.17, 15) is 4.79 Å². The van der Waals surface area contributed by atoms with E-state index >= 15 is 0 Å². The summed E-state index contributed by atoms with van der Waals surface area (Å²) in [6, 6.07) is 8.36. The Balaban J connectivity index is 1.85. The maximum absolute atomic E-state index is 12.0. The monoisotopic (exact) mass is 309 g/mol. The zero-order valence-electron chi connectivity index (χ0n) is 12.6. The number of nitrogens with two attached hydrogens (primary N) is 1. The molecule has 0 aromatic heterocycles. The van der Waals surface area contributed by atoms with Crippen LogP contribution in [-0.2, 0) is 4.79 Å². The van der Waals surface area contributed by atoms with Crippen molar-refractivity contribution in [3.8, 4) is 0 Å². The molecule has 1 heterocycles. The summed E-state index contributed by atoms with van der Waals surface area (Å²) in [5, 5.41) is 0.765. The highest BCUT2D eigenvalue weighted by atomic mass is 35.5. The molecule has 0 aliphatic carbocycles. The third kappa shape index (κ3) is 4.43. The van der Waals surface area contributed by atoms with Crippen LogP contribution >= 0.6 is 11.6 Å². The van der Waals surface area contributed by atoms with E-state index in [4.69, 9.17) is 17.3 Å². The van der Waals surface area contributed by atoms with Gasteiger partial charge in [-0.2, -0.15) is 0 Å². The van der Waals surface area contributed by atoms with E-state index in [1.807, 2.05) is 17.0 Å². The fraction of sp³-hybridized carbons (Fsp3) is 0.562. The number of halogens is 1. The van der Waals surface area contributed by atoms with Crippen LogP contribution < -0.4 is 5.73 Å². The smallest absolute Gasteiger partial charge is 0.222 e. The lowest BCUT2D eigenvalue weighted by molar-refractivity contribution is -0.133. The Kier molecular flexibility index (Phi) is 6.03. The van der Waals surface area contributed by atoms with E-state index in [1.165, 1.54) is 5.56 Å². The quantitative estimate of drug-likeness (QED) is 0.908. The van der Waals surface area contributed by atoms with Gasteiger partial charge in [-0.25, -0.2) is 0 Å². The Labute approximate surface area is 131 Å². The number of hydrogen-bond acceptors (Lipinski definition) is 3. The van der Waals surface area contributed by atoms with E-state index in [-0.39, 0.29) is 5.91 Å². The topological polar surface area (TPSA) is 49.6 Å². The van der Waals surface area contributed by atoms with Crippen molar-refractivity contribution >= 4 is 17.5 Å². The number of carbonyl (C=O) groups excluding carboxylic acids is 1. The predicted octanol–water partition coefficient (Wildman–Crippen LogP) is 2.28. The van der Waals surface area contributed by atoms with Gasteiger partial charge in [-0.3, -0.25) is 9.69 Å². The Morgan fingerprint density at radius 3 is 2.43 bits per heavy atom. The molecule has 0 bridgehead atoms. The van der Waals surface area contributed by atoms with Gasteiger partial charge in [0.1, 0.15) is 0 Å². The molecule has 1 aromatic rings. The van der Waals surface area contributed by atoms with Gasteiger partial charge in [0.2, 0.25) is 5.91 Å². The number of piperazine rings is 1. The molecule has 21 heavy (non-hydrogen) atoms. The van der Waals surface area contributed by atoms with Crippen LogP contribution in [0, 0.1) is 0 Å². The molecular formula is C16H24ClN3O. The van der Waals surface area contributed by atoms with Crippen LogP contribution in [-0.4, -0.2) is 48.4 Å². The summed E-state index contributed by atoms with van der Waals surface area (Å²) in [6.45, 7) is 6.23. The number of rotatable bonds is 5. The van der Waals surface area contributed by atoms with E-state index in [0.29, 0.717) is 19.0 Å². The molecule has 1 atom stereocenters. The summed E-state index contributed by atoms with van der Waals surface area (Å²) in [7, 11) is 0. The van der Waals surface area contributed by atoms with Gasteiger partial charge in [0.25, 0.3) is 0 Å². The number of carbonyl (C=O) groups is 1. The maximum Gasteiger partial charge on any atom is 0.222 e. The van der Waals surface area contributed by atoms with Crippen molar-refractivity contribution in [3.63, 3.8) is 0 Å². The first-order valence-corrected chi connectivity index (χ1v) is 7.97. The number of amides is 1. The molecule has 0 spiro atoms. The molecule has 116 valence electrons. The zero-order valence-corrected chi connectivity index (χ0v) is 13.4. The van der Waals surface area contributed by atoms with Gasteiger partial charge in [0.05, 0.1) is 0 Å². The second-order valence-corrected chi connectivity index (χ2v) is 5.97. The third-order valence-electron chi connectivity index (χ3n) is 4.16. The maximum atomic E-state index is 12.0. The minimum Gasteiger partial charge on any atom is -0.340 e. The zero-order chi connectivity index (χ0) is 15.2. The lowest BCUT2D eigenvalue weighted by Crippen LogP contribution is -2.49. The summed E-state index contributed by atoms with van der Waals surface area (Å²) in [5.74, 6) is 0.235. The molecule has 1 aliphatic rings. The van der Waals surface area contributed by atoms with Crippen molar-refractivity contribution in [2.75, 3.05) is 32.7 Å². The fourth-order valence-corrected chi connectivity index (χ4v) is 2.85. The van der Waals surface area contributed by atoms with Gasteiger partial charge in [0, 0.05) is 43.7 Å². The van der Waals surface area contributed by atoms with Crippen LogP contribution in [0.1, 0.15) is 31.4 Å². The number of hydrogen-bond donors (Lipinski definition) is 1. The molecule has 0 radical (unpaired) electrons. The average molecular weight is 310 g/mol. The average Bonchev–Trinajstić information content (AvgIpc) is 2.53. The van der Waals surface area contributed by atoms with Gasteiger partial charge < -0.3 is 10.6 Å². The normalized spacial score (nSPS) is 17.8. The highest BCUT2D eigenvalue weighted by molar-refractivity contribution is 6.30. The van der Waals surface area contributed by atoms with Crippen LogP contribution in [0.25, 0.3) is 0 Å². The summed E-state index contributed by atoms with van der Waals surface area (Å²) >= 11 is 5.93. The standard InChI is InChI=1S/C16H24ClN3O/c1-13(14-4-6-15(17)7-5-14)19-9-11-20(12-10-19)16(21)3-2-8-18/h4-7,13H,2-3,8-12,18H2,1H3. The Morgan fingerprint density at radius 1 is 1.24 bits per heavy atom. The van der Waals surface area contributed by atoms with Crippen molar-refractivity contribution < 1.29 is 4.79 Å². The van der Waals surface area contributed by atoms with E-state index in [1.54, 1.807) is 0 Å². The molecule has 1 unspecified atom stereocenters. The van der Waals surface area contributed by atoms with E-state index in [2.05, 4.69) is 24.0 Å². The van der Waals surface area contributed by atoms with Crippen molar-refractivity contribution in [2.24, 2.45) is 5.73 Å². The molecule has 2 N–H and O–H groups in total. The van der Waals surface area contributed by atoms with Gasteiger partial charge in [-0.1, -0.05) is 23.7 Å². The summed E-state index contributed by atoms with van der Waals surface area (Å²) in [4.78, 5) is 16.3. The molecule has 1 aromatic carbocycles. The first-order valence-electron chi connectivity index (χ1n) is 7.59. The lowest BCUT2D eigenvalue weighted by Gasteiger charge is -2.38. The highest BCUT2D eigenvalue weighted by Gasteiger charge is 2.24. The SMILES string of the molecule is CC(c1ccc(Cl)cc1)N1CCN(C(=O)CCCN)CC1. The first-order chi connectivity index (χ1) is 10.1. The first kappa shape index (κ1) is 16.3. The van der Waals surface area contributed by atoms with Crippen LogP contribution in [0.2, 0.25) is 5.02 Å². The molecule has 0 saturated carbocycles. The Bertz CT molecular complexity index is 455. The minimum absolute atomic E-state index is 0.235. The molecule has 1 amide bonds. The second kappa shape index (κ2) is 7.78. The van der Waals surface area contributed by atoms with Gasteiger partial charge in [-0.15, -0.1) is 0 Å². The largest absolute Gasteiger partial charge is 0.340 e. The van der Waals surface area contributed by atoms with E-state index < -0.39 is 0 Å². The van der Waals surface area contributed by atoms with Crippen LogP contribution in [0.5, 0.6) is 0 Å². The van der Waals surface area contributed by atoms with Crippen molar-refractivity contribution in [1.82, 2.24) is 9.80 Å². The number of nitrogens with zero attached hydrogens (tertiary/aromatic N) is 2. The van der Waals surface area contributed by atoms with Crippen LogP contribution in [0.4, 0.5) is 0 Å². The highest BCUT2D eigenvalue weighted by Crippen LogP contribution is 2.23. The molecular weight excluding hydrogens is 286 g/mol. The minimum atomic E-state index is 0.235. The van der Waals surface area contributed by atoms with Crippen LogP contribution in [0.15, 0.2) is 24.3 Å². The van der Waals surface area contributed by atoms with Crippen LogP contribution in [0.3, 0.4) is 0 Å². The van der Waals surface area contributed by atoms with Crippen molar-refractivity contribution in [1.29, 1.82) is 0 Å². The van der Waals surface area contributed by atoms with Gasteiger partial charge in [0.15, 0.2) is 0 Å². The third-order valence-corrected chi connectivity index (χ3v) is 4.41. The van der Waals surface area contributed by atoms with Crippen molar-refractivity contribution in [3.05, 3.63) is 34.9 Å². The van der Waals surface area contributed by atoms with Gasteiger partial charge in [-0.05, 0) is 37.6 Å². The summed E-state index contributed by atoms with van der Waals surface area (Å²) in [5.41, 5.74) is 6.72. The second-order valence-electron chi connectivity index (χ2n) is 5.54. The van der Waals surface area contributed by atoms with Crippen molar-refractivity contribution in [2.45, 2.75) is 25.8 Å². The molecule has 2 rings (SSSR count). The molecule has 1 saturated heterocycles. The molecule has 1 aliphatic heterocycles. The molecule has 1 fully saturated rings. The van der Waals surface area contributed by atoms with Gasteiger partial charge >= 0.3 is 0 Å². The number of benzene rings is 1.